The van der Waals surface area contributed by atoms with Gasteiger partial charge in [0.05, 0.1) is 12.2 Å². The first-order valence-electron chi connectivity index (χ1n) is 8.14. The fourth-order valence-corrected chi connectivity index (χ4v) is 4.69. The van der Waals surface area contributed by atoms with E-state index >= 15 is 0 Å². The molecule has 0 aromatic heterocycles. The fraction of sp³-hybridized carbons (Fsp3) is 0.500. The van der Waals surface area contributed by atoms with Gasteiger partial charge < -0.3 is 9.64 Å². The highest BCUT2D eigenvalue weighted by molar-refractivity contribution is 9.10. The molecule has 122 valence electrons. The van der Waals surface area contributed by atoms with Crippen LogP contribution < -0.4 is 0 Å². The number of halogens is 2. The quantitative estimate of drug-likeness (QED) is 0.752. The first-order chi connectivity index (χ1) is 11.1. The van der Waals surface area contributed by atoms with Gasteiger partial charge in [0.1, 0.15) is 5.82 Å². The van der Waals surface area contributed by atoms with E-state index < -0.39 is 0 Å². The van der Waals surface area contributed by atoms with Crippen molar-refractivity contribution in [1.29, 1.82) is 0 Å². The van der Waals surface area contributed by atoms with Crippen LogP contribution in [0, 0.1) is 11.2 Å². The van der Waals surface area contributed by atoms with Crippen molar-refractivity contribution >= 4 is 27.5 Å². The Hall–Kier alpha value is -1.20. The second-order valence-corrected chi connectivity index (χ2v) is 7.77. The lowest BCUT2D eigenvalue weighted by molar-refractivity contribution is -0.143. The molecule has 2 bridgehead atoms. The van der Waals surface area contributed by atoms with Crippen molar-refractivity contribution in [3.05, 3.63) is 39.6 Å². The normalized spacial score (nSPS) is 28.4. The van der Waals surface area contributed by atoms with Crippen molar-refractivity contribution in [1.82, 2.24) is 4.90 Å². The van der Waals surface area contributed by atoms with Gasteiger partial charge in [0.25, 0.3) is 0 Å². The molecule has 4 aliphatic rings. The van der Waals surface area contributed by atoms with Crippen LogP contribution in [0.5, 0.6) is 0 Å². The number of benzene rings is 1. The highest BCUT2D eigenvalue weighted by atomic mass is 79.9. The number of piperidine rings is 3. The number of esters is 1. The van der Waals surface area contributed by atoms with Gasteiger partial charge in [-0.05, 0) is 63.0 Å². The molecule has 0 saturated carbocycles. The van der Waals surface area contributed by atoms with Crippen molar-refractivity contribution < 1.29 is 13.9 Å². The Balaban J connectivity index is 1.47. The third kappa shape index (κ3) is 2.74. The molecule has 3 heterocycles. The van der Waals surface area contributed by atoms with Gasteiger partial charge in [0, 0.05) is 15.5 Å². The molecule has 1 aliphatic carbocycles. The van der Waals surface area contributed by atoms with E-state index in [1.807, 2.05) is 6.08 Å². The summed E-state index contributed by atoms with van der Waals surface area (Å²) in [5.74, 6) is -0.565. The molecule has 0 amide bonds. The van der Waals surface area contributed by atoms with Crippen LogP contribution in [-0.2, 0) is 16.0 Å². The molecule has 1 aromatic carbocycles. The maximum Gasteiger partial charge on any atom is 0.338 e. The predicted molar refractivity (Wildman–Crippen MR) is 89.5 cm³/mol. The lowest BCUT2D eigenvalue weighted by atomic mass is 9.73. The van der Waals surface area contributed by atoms with Crippen LogP contribution in [0.3, 0.4) is 0 Å². The van der Waals surface area contributed by atoms with Gasteiger partial charge in [-0.25, -0.2) is 9.18 Å². The average Bonchev–Trinajstić information content (AvgIpc) is 2.98. The van der Waals surface area contributed by atoms with Crippen LogP contribution in [0.1, 0.15) is 30.4 Å². The third-order valence-corrected chi connectivity index (χ3v) is 6.16. The smallest absolute Gasteiger partial charge is 0.338 e. The minimum atomic E-state index is -0.286. The Kier molecular flexibility index (Phi) is 3.81. The fourth-order valence-electron chi connectivity index (χ4n) is 4.00. The summed E-state index contributed by atoms with van der Waals surface area (Å²) < 4.78 is 19.8. The molecule has 3 saturated heterocycles. The number of hydrogen-bond donors (Lipinski definition) is 0. The second-order valence-electron chi connectivity index (χ2n) is 6.91. The summed E-state index contributed by atoms with van der Waals surface area (Å²) in [5.41, 5.74) is 2.36. The van der Waals surface area contributed by atoms with Gasteiger partial charge in [0.15, 0.2) is 0 Å². The molecule has 5 heteroatoms. The minimum Gasteiger partial charge on any atom is -0.461 e. The van der Waals surface area contributed by atoms with Crippen molar-refractivity contribution in [2.45, 2.75) is 25.7 Å². The van der Waals surface area contributed by atoms with E-state index in [2.05, 4.69) is 20.8 Å². The SMILES string of the molecule is O=C(OCC12CCN(CC1)CC2)C1=CCc2cc(F)cc(Br)c21. The number of ether oxygens (including phenoxy) is 1. The molecule has 23 heavy (non-hydrogen) atoms. The van der Waals surface area contributed by atoms with Gasteiger partial charge in [-0.1, -0.05) is 22.0 Å². The molecule has 0 spiro atoms. The Bertz CT molecular complexity index is 679. The zero-order valence-corrected chi connectivity index (χ0v) is 14.5. The largest absolute Gasteiger partial charge is 0.461 e. The van der Waals surface area contributed by atoms with E-state index in [0.29, 0.717) is 23.1 Å². The minimum absolute atomic E-state index is 0.173. The number of carbonyl (C=O) groups is 1. The van der Waals surface area contributed by atoms with Gasteiger partial charge in [0.2, 0.25) is 0 Å². The monoisotopic (exact) mass is 379 g/mol. The third-order valence-electron chi connectivity index (χ3n) is 5.54. The van der Waals surface area contributed by atoms with E-state index in [0.717, 1.165) is 50.0 Å². The van der Waals surface area contributed by atoms with Crippen molar-refractivity contribution in [3.63, 3.8) is 0 Å². The summed E-state index contributed by atoms with van der Waals surface area (Å²) in [6, 6.07) is 2.90. The van der Waals surface area contributed by atoms with Crippen LogP contribution in [0.15, 0.2) is 22.7 Å². The molecular formula is C18H19BrFNO2. The predicted octanol–water partition coefficient (Wildman–Crippen LogP) is 3.56. The van der Waals surface area contributed by atoms with E-state index in [1.54, 1.807) is 0 Å². The standard InChI is InChI=1S/C18H19BrFNO2/c19-15-10-13(20)9-12-1-2-14(16(12)15)17(22)23-11-18-3-6-21(7-4-18)8-5-18/h2,9-10H,1,3-8,11H2. The Labute approximate surface area is 143 Å². The van der Waals surface area contributed by atoms with Gasteiger partial charge in [-0.2, -0.15) is 0 Å². The lowest BCUT2D eigenvalue weighted by Gasteiger charge is -2.47. The second kappa shape index (κ2) is 5.71. The molecular weight excluding hydrogens is 361 g/mol. The van der Waals surface area contributed by atoms with E-state index in [1.165, 1.54) is 12.1 Å². The van der Waals surface area contributed by atoms with Gasteiger partial charge in [-0.15, -0.1) is 0 Å². The maximum absolute atomic E-state index is 13.5. The van der Waals surface area contributed by atoms with Crippen LogP contribution in [0.2, 0.25) is 0 Å². The van der Waals surface area contributed by atoms with Gasteiger partial charge in [-0.3, -0.25) is 0 Å². The molecule has 0 N–H and O–H groups in total. The number of carbonyl (C=O) groups excluding carboxylic acids is 1. The topological polar surface area (TPSA) is 29.5 Å². The zero-order valence-electron chi connectivity index (χ0n) is 12.9. The van der Waals surface area contributed by atoms with Crippen LogP contribution in [-0.4, -0.2) is 37.1 Å². The zero-order chi connectivity index (χ0) is 16.0. The first kappa shape index (κ1) is 15.3. The summed E-state index contributed by atoms with van der Waals surface area (Å²) in [6.45, 7) is 3.86. The molecule has 5 rings (SSSR count). The Morgan fingerprint density at radius 1 is 1.26 bits per heavy atom. The molecule has 0 radical (unpaired) electrons. The van der Waals surface area contributed by atoms with Crippen molar-refractivity contribution in [3.8, 4) is 0 Å². The summed E-state index contributed by atoms with van der Waals surface area (Å²) in [4.78, 5) is 15.0. The molecule has 3 aliphatic heterocycles. The number of rotatable bonds is 3. The van der Waals surface area contributed by atoms with Crippen LogP contribution >= 0.6 is 15.9 Å². The summed E-state index contributed by atoms with van der Waals surface area (Å²) in [5, 5.41) is 0. The highest BCUT2D eigenvalue weighted by Gasteiger charge is 2.40. The number of nitrogens with zero attached hydrogens (tertiary/aromatic N) is 1. The van der Waals surface area contributed by atoms with Crippen LogP contribution in [0.25, 0.3) is 5.57 Å². The molecule has 0 atom stereocenters. The molecule has 0 unspecified atom stereocenters. The lowest BCUT2D eigenvalue weighted by Crippen LogP contribution is -2.50. The Morgan fingerprint density at radius 2 is 1.96 bits per heavy atom. The van der Waals surface area contributed by atoms with E-state index in [-0.39, 0.29) is 17.2 Å². The summed E-state index contributed by atoms with van der Waals surface area (Å²) >= 11 is 3.37. The van der Waals surface area contributed by atoms with Crippen molar-refractivity contribution in [2.24, 2.45) is 5.41 Å². The molecule has 1 aromatic rings. The number of hydrogen-bond acceptors (Lipinski definition) is 3. The summed E-state index contributed by atoms with van der Waals surface area (Å²) in [6.07, 6.45) is 5.77. The van der Waals surface area contributed by atoms with Gasteiger partial charge >= 0.3 is 5.97 Å². The number of allylic oxidation sites excluding steroid dienone is 1. The highest BCUT2D eigenvalue weighted by Crippen LogP contribution is 2.41. The van der Waals surface area contributed by atoms with E-state index in [9.17, 15) is 9.18 Å². The van der Waals surface area contributed by atoms with Crippen LogP contribution in [0.4, 0.5) is 4.39 Å². The first-order valence-corrected chi connectivity index (χ1v) is 8.94. The van der Waals surface area contributed by atoms with Crippen molar-refractivity contribution in [2.75, 3.05) is 26.2 Å². The molecule has 3 fully saturated rings. The molecule has 3 nitrogen and oxygen atoms in total. The average molecular weight is 380 g/mol. The summed E-state index contributed by atoms with van der Waals surface area (Å²) in [7, 11) is 0. The van der Waals surface area contributed by atoms with E-state index in [4.69, 9.17) is 4.74 Å². The number of fused-ring (bicyclic) bond motifs is 4. The Morgan fingerprint density at radius 3 is 2.65 bits per heavy atom. The maximum atomic E-state index is 13.5.